The molecule has 1 aromatic heterocycles. The Bertz CT molecular complexity index is 866. The van der Waals surface area contributed by atoms with Crippen molar-refractivity contribution in [1.29, 1.82) is 0 Å². The van der Waals surface area contributed by atoms with Crippen molar-refractivity contribution in [2.24, 2.45) is 0 Å². The van der Waals surface area contributed by atoms with Gasteiger partial charge in [0, 0.05) is 30.4 Å². The van der Waals surface area contributed by atoms with E-state index < -0.39 is 11.4 Å². The SMILES string of the molecule is C#Cc1cccc(NC(=O)N2CCC(n3c(=O)[nH][nH]c3=O)CC2)c1. The van der Waals surface area contributed by atoms with Crippen LogP contribution in [-0.2, 0) is 0 Å². The normalized spacial score (nSPS) is 15.0. The van der Waals surface area contributed by atoms with E-state index >= 15 is 0 Å². The summed E-state index contributed by atoms with van der Waals surface area (Å²) in [6, 6.07) is 6.63. The lowest BCUT2D eigenvalue weighted by Crippen LogP contribution is -2.44. The highest BCUT2D eigenvalue weighted by atomic mass is 16.2. The number of aromatic amines is 2. The molecule has 0 spiro atoms. The van der Waals surface area contributed by atoms with E-state index in [9.17, 15) is 14.4 Å². The summed E-state index contributed by atoms with van der Waals surface area (Å²) >= 11 is 0. The first-order chi connectivity index (χ1) is 11.6. The van der Waals surface area contributed by atoms with Gasteiger partial charge in [0.1, 0.15) is 0 Å². The first-order valence-corrected chi connectivity index (χ1v) is 7.60. The molecule has 3 N–H and O–H groups in total. The fourth-order valence-corrected chi connectivity index (χ4v) is 2.87. The number of hydrogen-bond donors (Lipinski definition) is 3. The Morgan fingerprint density at radius 1 is 1.21 bits per heavy atom. The number of nitrogens with zero attached hydrogens (tertiary/aromatic N) is 2. The van der Waals surface area contributed by atoms with E-state index in [1.807, 2.05) is 0 Å². The molecule has 8 nitrogen and oxygen atoms in total. The summed E-state index contributed by atoms with van der Waals surface area (Å²) in [7, 11) is 0. The third-order valence-corrected chi connectivity index (χ3v) is 4.11. The van der Waals surface area contributed by atoms with Crippen LogP contribution in [0.25, 0.3) is 0 Å². The second-order valence-corrected chi connectivity index (χ2v) is 5.60. The molecule has 0 atom stereocenters. The van der Waals surface area contributed by atoms with E-state index in [0.717, 1.165) is 0 Å². The van der Waals surface area contributed by atoms with Crippen molar-refractivity contribution in [3.8, 4) is 12.3 Å². The number of rotatable bonds is 2. The molecule has 0 aliphatic carbocycles. The Hall–Kier alpha value is -3.21. The summed E-state index contributed by atoms with van der Waals surface area (Å²) in [6.07, 6.45) is 6.43. The predicted molar refractivity (Wildman–Crippen MR) is 88.9 cm³/mol. The molecular weight excluding hydrogens is 310 g/mol. The average molecular weight is 327 g/mol. The Morgan fingerprint density at radius 3 is 2.50 bits per heavy atom. The fourth-order valence-electron chi connectivity index (χ4n) is 2.87. The van der Waals surface area contributed by atoms with Crippen LogP contribution in [0.2, 0.25) is 0 Å². The van der Waals surface area contributed by atoms with Gasteiger partial charge in [-0.3, -0.25) is 0 Å². The Labute approximate surface area is 137 Å². The molecule has 1 saturated heterocycles. The van der Waals surface area contributed by atoms with Gasteiger partial charge in [-0.25, -0.2) is 29.1 Å². The second kappa shape index (κ2) is 6.50. The van der Waals surface area contributed by atoms with E-state index in [1.54, 1.807) is 29.2 Å². The summed E-state index contributed by atoms with van der Waals surface area (Å²) in [4.78, 5) is 37.2. The number of benzene rings is 1. The van der Waals surface area contributed by atoms with Crippen LogP contribution >= 0.6 is 0 Å². The number of aromatic nitrogens is 3. The molecule has 3 rings (SSSR count). The van der Waals surface area contributed by atoms with Crippen molar-refractivity contribution in [3.05, 3.63) is 50.8 Å². The third-order valence-electron chi connectivity index (χ3n) is 4.11. The van der Waals surface area contributed by atoms with Gasteiger partial charge < -0.3 is 10.2 Å². The van der Waals surface area contributed by atoms with Gasteiger partial charge in [0.15, 0.2) is 0 Å². The number of terminal acetylenes is 1. The maximum Gasteiger partial charge on any atom is 0.344 e. The average Bonchev–Trinajstić information content (AvgIpc) is 2.94. The van der Waals surface area contributed by atoms with Crippen LogP contribution in [0.5, 0.6) is 0 Å². The summed E-state index contributed by atoms with van der Waals surface area (Å²) in [6.45, 7) is 0.921. The molecule has 2 heterocycles. The van der Waals surface area contributed by atoms with Crippen LogP contribution in [0.15, 0.2) is 33.9 Å². The van der Waals surface area contributed by atoms with Gasteiger partial charge in [0.25, 0.3) is 0 Å². The number of carbonyl (C=O) groups excluding carboxylic acids is 1. The molecule has 2 aromatic rings. The van der Waals surface area contributed by atoms with Crippen molar-refractivity contribution in [2.75, 3.05) is 18.4 Å². The first-order valence-electron chi connectivity index (χ1n) is 7.60. The lowest BCUT2D eigenvalue weighted by molar-refractivity contribution is 0.182. The van der Waals surface area contributed by atoms with Gasteiger partial charge in [0.05, 0.1) is 0 Å². The van der Waals surface area contributed by atoms with E-state index in [1.165, 1.54) is 4.57 Å². The van der Waals surface area contributed by atoms with Gasteiger partial charge in [0.2, 0.25) is 0 Å². The van der Waals surface area contributed by atoms with Crippen molar-refractivity contribution in [2.45, 2.75) is 18.9 Å². The van der Waals surface area contributed by atoms with Crippen LogP contribution in [0.1, 0.15) is 24.4 Å². The van der Waals surface area contributed by atoms with Gasteiger partial charge in [-0.1, -0.05) is 12.0 Å². The number of carbonyl (C=O) groups is 1. The quantitative estimate of drug-likeness (QED) is 0.708. The maximum atomic E-state index is 12.3. The zero-order chi connectivity index (χ0) is 17.1. The molecule has 124 valence electrons. The first kappa shape index (κ1) is 15.7. The van der Waals surface area contributed by atoms with Crippen molar-refractivity contribution < 1.29 is 4.79 Å². The molecule has 1 aliphatic heterocycles. The minimum Gasteiger partial charge on any atom is -0.324 e. The van der Waals surface area contributed by atoms with Crippen LogP contribution in [0.4, 0.5) is 10.5 Å². The molecule has 0 bridgehead atoms. The Kier molecular flexibility index (Phi) is 4.24. The molecule has 8 heteroatoms. The predicted octanol–water partition coefficient (Wildman–Crippen LogP) is 0.715. The maximum absolute atomic E-state index is 12.3. The van der Waals surface area contributed by atoms with Crippen molar-refractivity contribution in [3.63, 3.8) is 0 Å². The number of urea groups is 1. The van der Waals surface area contributed by atoms with Crippen LogP contribution in [0.3, 0.4) is 0 Å². The summed E-state index contributed by atoms with van der Waals surface area (Å²) in [5, 5.41) is 7.35. The minimum atomic E-state index is -0.450. The van der Waals surface area contributed by atoms with Gasteiger partial charge in [-0.2, -0.15) is 0 Å². The van der Waals surface area contributed by atoms with Crippen LogP contribution in [0, 0.1) is 12.3 Å². The summed E-state index contributed by atoms with van der Waals surface area (Å²) < 4.78 is 1.17. The highest BCUT2D eigenvalue weighted by Gasteiger charge is 2.26. The highest BCUT2D eigenvalue weighted by Crippen LogP contribution is 2.20. The number of H-pyrrole nitrogens is 2. The number of hydrogen-bond acceptors (Lipinski definition) is 3. The molecule has 0 saturated carbocycles. The number of nitrogens with one attached hydrogen (secondary N) is 3. The summed E-state index contributed by atoms with van der Waals surface area (Å²) in [5.74, 6) is 2.52. The number of anilines is 1. The highest BCUT2D eigenvalue weighted by molar-refractivity contribution is 5.89. The number of piperidine rings is 1. The van der Waals surface area contributed by atoms with Crippen LogP contribution in [-0.4, -0.2) is 38.8 Å². The molecule has 1 aliphatic rings. The molecule has 1 fully saturated rings. The molecule has 24 heavy (non-hydrogen) atoms. The standard InChI is InChI=1S/C16H17N5O3/c1-2-11-4-3-5-12(10-11)17-14(22)20-8-6-13(7-9-20)21-15(23)18-19-16(21)24/h1,3-5,10,13H,6-9H2,(H,17,22)(H,18,23)(H,19,24). The molecule has 0 radical (unpaired) electrons. The monoisotopic (exact) mass is 327 g/mol. The minimum absolute atomic E-state index is 0.207. The topological polar surface area (TPSA) is 103 Å². The van der Waals surface area contributed by atoms with Crippen LogP contribution < -0.4 is 16.7 Å². The van der Waals surface area contributed by atoms with E-state index in [2.05, 4.69) is 21.4 Å². The third kappa shape index (κ3) is 3.10. The van der Waals surface area contributed by atoms with Gasteiger partial charge in [-0.15, -0.1) is 6.42 Å². The largest absolute Gasteiger partial charge is 0.344 e. The van der Waals surface area contributed by atoms with Gasteiger partial charge in [-0.05, 0) is 31.0 Å². The van der Waals surface area contributed by atoms with E-state index in [0.29, 0.717) is 37.2 Å². The molecule has 2 amide bonds. The molecular formula is C16H17N5O3. The fraction of sp³-hybridized carbons (Fsp3) is 0.312. The zero-order valence-electron chi connectivity index (χ0n) is 12.9. The molecule has 0 unspecified atom stereocenters. The van der Waals surface area contributed by atoms with E-state index in [-0.39, 0.29) is 12.1 Å². The van der Waals surface area contributed by atoms with Gasteiger partial charge >= 0.3 is 17.4 Å². The van der Waals surface area contributed by atoms with E-state index in [4.69, 9.17) is 6.42 Å². The zero-order valence-corrected chi connectivity index (χ0v) is 12.9. The summed E-state index contributed by atoms with van der Waals surface area (Å²) in [5.41, 5.74) is 0.427. The lowest BCUT2D eigenvalue weighted by atomic mass is 10.1. The molecule has 1 aromatic carbocycles. The second-order valence-electron chi connectivity index (χ2n) is 5.60. The Morgan fingerprint density at radius 2 is 1.88 bits per heavy atom. The lowest BCUT2D eigenvalue weighted by Gasteiger charge is -2.31. The Balaban J connectivity index is 1.62. The van der Waals surface area contributed by atoms with Crippen molar-refractivity contribution >= 4 is 11.7 Å². The van der Waals surface area contributed by atoms with Crippen molar-refractivity contribution in [1.82, 2.24) is 19.7 Å². The number of amides is 2. The smallest absolute Gasteiger partial charge is 0.324 e. The number of likely N-dealkylation sites (tertiary alicyclic amines) is 1.